The molecule has 0 bridgehead atoms. The second kappa shape index (κ2) is 4.39. The second-order valence-corrected chi connectivity index (χ2v) is 4.15. The third-order valence-corrected chi connectivity index (χ3v) is 3.08. The van der Waals surface area contributed by atoms with Gasteiger partial charge in [-0.05, 0) is 24.0 Å². The molecule has 0 heterocycles. The van der Waals surface area contributed by atoms with E-state index in [2.05, 4.69) is 13.2 Å². The summed E-state index contributed by atoms with van der Waals surface area (Å²) in [5.41, 5.74) is -0.301. The number of allylic oxidation sites excluding steroid dienone is 4. The number of carbonyl (C=O) groups excluding carboxylic acids is 2. The lowest BCUT2D eigenvalue weighted by Gasteiger charge is -2.34. The number of hydrogen-bond donors (Lipinski definition) is 0. The van der Waals surface area contributed by atoms with Gasteiger partial charge in [-0.15, -0.1) is 6.58 Å². The number of carbonyl (C=O) groups is 2. The monoisotopic (exact) mass is 204 g/mol. The van der Waals surface area contributed by atoms with E-state index in [0.717, 1.165) is 6.42 Å². The summed E-state index contributed by atoms with van der Waals surface area (Å²) >= 11 is 0. The third-order valence-electron chi connectivity index (χ3n) is 3.08. The minimum Gasteiger partial charge on any atom is -0.295 e. The van der Waals surface area contributed by atoms with Crippen LogP contribution in [0.1, 0.15) is 19.8 Å². The quantitative estimate of drug-likeness (QED) is 0.520. The van der Waals surface area contributed by atoms with Gasteiger partial charge in [-0.1, -0.05) is 25.7 Å². The minimum atomic E-state index is -0.301. The Bertz CT molecular complexity index is 338. The summed E-state index contributed by atoms with van der Waals surface area (Å²) in [6, 6.07) is 0. The standard InChI is InChI=1S/C13H16O2/c1-4-10(14)9-11-12(15)7-6-8-13(11,3)5-2/h4-7,11H,1-2,8-9H2,3H3/t11?,13-/m0/s1. The van der Waals surface area contributed by atoms with Crippen molar-refractivity contribution in [1.29, 1.82) is 0 Å². The zero-order valence-corrected chi connectivity index (χ0v) is 9.03. The van der Waals surface area contributed by atoms with Crippen LogP contribution in [0.4, 0.5) is 0 Å². The molecule has 1 unspecified atom stereocenters. The van der Waals surface area contributed by atoms with Crippen molar-refractivity contribution in [1.82, 2.24) is 0 Å². The average Bonchev–Trinajstić information content (AvgIpc) is 2.23. The Kier molecular flexibility index (Phi) is 3.40. The van der Waals surface area contributed by atoms with Crippen molar-refractivity contribution in [3.05, 3.63) is 37.5 Å². The molecule has 80 valence electrons. The molecule has 0 aromatic rings. The molecular formula is C13H16O2. The first-order chi connectivity index (χ1) is 7.03. The van der Waals surface area contributed by atoms with Crippen molar-refractivity contribution in [2.75, 3.05) is 0 Å². The maximum Gasteiger partial charge on any atom is 0.159 e. The second-order valence-electron chi connectivity index (χ2n) is 4.15. The van der Waals surface area contributed by atoms with Crippen LogP contribution in [0.2, 0.25) is 0 Å². The first kappa shape index (κ1) is 11.6. The van der Waals surface area contributed by atoms with Crippen LogP contribution in [-0.2, 0) is 9.59 Å². The third kappa shape index (κ3) is 2.32. The highest BCUT2D eigenvalue weighted by Crippen LogP contribution is 2.39. The first-order valence-electron chi connectivity index (χ1n) is 5.03. The highest BCUT2D eigenvalue weighted by molar-refractivity contribution is 5.99. The lowest BCUT2D eigenvalue weighted by molar-refractivity contribution is -0.126. The van der Waals surface area contributed by atoms with E-state index in [0.29, 0.717) is 0 Å². The highest BCUT2D eigenvalue weighted by atomic mass is 16.1. The maximum atomic E-state index is 11.7. The van der Waals surface area contributed by atoms with Crippen LogP contribution in [0.3, 0.4) is 0 Å². The Labute approximate surface area is 90.4 Å². The molecule has 0 aromatic carbocycles. The summed E-state index contributed by atoms with van der Waals surface area (Å²) in [6.45, 7) is 9.13. The van der Waals surface area contributed by atoms with E-state index in [1.807, 2.05) is 13.0 Å². The molecule has 1 aliphatic rings. The van der Waals surface area contributed by atoms with Gasteiger partial charge in [0.25, 0.3) is 0 Å². The van der Waals surface area contributed by atoms with E-state index in [9.17, 15) is 9.59 Å². The smallest absolute Gasteiger partial charge is 0.159 e. The Morgan fingerprint density at radius 2 is 2.33 bits per heavy atom. The van der Waals surface area contributed by atoms with Crippen LogP contribution in [0.25, 0.3) is 0 Å². The molecule has 1 rings (SSSR count). The molecular weight excluding hydrogens is 188 g/mol. The Morgan fingerprint density at radius 3 is 2.87 bits per heavy atom. The summed E-state index contributed by atoms with van der Waals surface area (Å²) in [4.78, 5) is 23.0. The molecule has 0 amide bonds. The van der Waals surface area contributed by atoms with E-state index in [-0.39, 0.29) is 29.3 Å². The molecule has 0 aliphatic heterocycles. The maximum absolute atomic E-state index is 11.7. The van der Waals surface area contributed by atoms with Crippen LogP contribution in [0, 0.1) is 11.3 Å². The lowest BCUT2D eigenvalue weighted by Crippen LogP contribution is -2.34. The average molecular weight is 204 g/mol. The predicted molar refractivity (Wildman–Crippen MR) is 60.4 cm³/mol. The minimum absolute atomic E-state index is 0.0128. The normalized spacial score (nSPS) is 29.9. The van der Waals surface area contributed by atoms with Crippen molar-refractivity contribution < 1.29 is 9.59 Å². The predicted octanol–water partition coefficient (Wildman–Crippen LogP) is 2.47. The Morgan fingerprint density at radius 1 is 1.67 bits per heavy atom. The van der Waals surface area contributed by atoms with Gasteiger partial charge in [0.2, 0.25) is 0 Å². The Balaban J connectivity index is 2.94. The number of hydrogen-bond acceptors (Lipinski definition) is 2. The van der Waals surface area contributed by atoms with E-state index >= 15 is 0 Å². The molecule has 15 heavy (non-hydrogen) atoms. The fraction of sp³-hybridized carbons (Fsp3) is 0.385. The summed E-state index contributed by atoms with van der Waals surface area (Å²) in [5.74, 6) is -0.360. The SMILES string of the molecule is C=CC(=O)CC1C(=O)C=CC[C@]1(C)C=C. The van der Waals surface area contributed by atoms with Crippen LogP contribution >= 0.6 is 0 Å². The Hall–Kier alpha value is -1.44. The van der Waals surface area contributed by atoms with Crippen molar-refractivity contribution >= 4 is 11.6 Å². The molecule has 2 heteroatoms. The van der Waals surface area contributed by atoms with Crippen molar-refractivity contribution in [2.45, 2.75) is 19.8 Å². The van der Waals surface area contributed by atoms with Crippen LogP contribution in [0.15, 0.2) is 37.5 Å². The van der Waals surface area contributed by atoms with Gasteiger partial charge in [-0.25, -0.2) is 0 Å². The zero-order chi connectivity index (χ0) is 11.5. The van der Waals surface area contributed by atoms with Gasteiger partial charge in [-0.3, -0.25) is 9.59 Å². The molecule has 2 nitrogen and oxygen atoms in total. The molecule has 2 atom stereocenters. The van der Waals surface area contributed by atoms with Gasteiger partial charge in [0, 0.05) is 12.3 Å². The molecule has 0 spiro atoms. The first-order valence-corrected chi connectivity index (χ1v) is 5.03. The topological polar surface area (TPSA) is 34.1 Å². The molecule has 0 saturated heterocycles. The van der Waals surface area contributed by atoms with Crippen molar-refractivity contribution in [3.63, 3.8) is 0 Å². The molecule has 0 aromatic heterocycles. The zero-order valence-electron chi connectivity index (χ0n) is 9.03. The van der Waals surface area contributed by atoms with Gasteiger partial charge in [0.15, 0.2) is 11.6 Å². The van der Waals surface area contributed by atoms with Gasteiger partial charge < -0.3 is 0 Å². The van der Waals surface area contributed by atoms with Gasteiger partial charge in [-0.2, -0.15) is 0 Å². The van der Waals surface area contributed by atoms with E-state index < -0.39 is 0 Å². The fourth-order valence-electron chi connectivity index (χ4n) is 1.86. The number of ketones is 2. The van der Waals surface area contributed by atoms with Gasteiger partial charge >= 0.3 is 0 Å². The summed E-state index contributed by atoms with van der Waals surface area (Å²) in [7, 11) is 0. The van der Waals surface area contributed by atoms with Crippen LogP contribution < -0.4 is 0 Å². The summed E-state index contributed by atoms with van der Waals surface area (Å²) in [6.07, 6.45) is 7.45. The lowest BCUT2D eigenvalue weighted by atomic mass is 9.68. The van der Waals surface area contributed by atoms with E-state index in [4.69, 9.17) is 0 Å². The highest BCUT2D eigenvalue weighted by Gasteiger charge is 2.37. The molecule has 0 fully saturated rings. The molecule has 0 N–H and O–H groups in total. The van der Waals surface area contributed by atoms with E-state index in [1.54, 1.807) is 12.2 Å². The van der Waals surface area contributed by atoms with Crippen molar-refractivity contribution in [3.8, 4) is 0 Å². The molecule has 0 radical (unpaired) electrons. The van der Waals surface area contributed by atoms with E-state index in [1.165, 1.54) is 6.08 Å². The fourth-order valence-corrected chi connectivity index (χ4v) is 1.86. The molecule has 0 saturated carbocycles. The van der Waals surface area contributed by atoms with Crippen LogP contribution in [0.5, 0.6) is 0 Å². The summed E-state index contributed by atoms with van der Waals surface area (Å²) < 4.78 is 0. The van der Waals surface area contributed by atoms with Gasteiger partial charge in [0.05, 0.1) is 0 Å². The number of rotatable bonds is 4. The molecule has 1 aliphatic carbocycles. The largest absolute Gasteiger partial charge is 0.295 e. The summed E-state index contributed by atoms with van der Waals surface area (Å²) in [5, 5.41) is 0. The van der Waals surface area contributed by atoms with Crippen LogP contribution in [-0.4, -0.2) is 11.6 Å². The van der Waals surface area contributed by atoms with Crippen molar-refractivity contribution in [2.24, 2.45) is 11.3 Å². The van der Waals surface area contributed by atoms with Gasteiger partial charge in [0.1, 0.15) is 0 Å².